The van der Waals surface area contributed by atoms with Gasteiger partial charge in [0, 0.05) is 11.1 Å². The molecule has 234 valence electrons. The standard InChI is InChI=1S/C47H36N2/c1-47(2)41-29-35(25-26-39(41)44-40(31-15-6-3-7-16-31)28-36-21-12-13-24-38(36)45(44)47)34-22-14-23-37(27-34)46-48-42(32-17-8-4-9-18-32)30-43(49-46)33-19-10-5-11-20-33/h3-30,46,48H,1-2H3. The summed E-state index contributed by atoms with van der Waals surface area (Å²) in [5.41, 5.74) is 15.7. The van der Waals surface area contributed by atoms with Gasteiger partial charge in [0.2, 0.25) is 0 Å². The Kier molecular flexibility index (Phi) is 6.91. The number of rotatable bonds is 5. The maximum Gasteiger partial charge on any atom is 0.145 e. The van der Waals surface area contributed by atoms with Gasteiger partial charge in [-0.05, 0) is 96.2 Å². The maximum atomic E-state index is 5.24. The Morgan fingerprint density at radius 2 is 1.16 bits per heavy atom. The first-order valence-corrected chi connectivity index (χ1v) is 17.1. The van der Waals surface area contributed by atoms with Gasteiger partial charge in [-0.1, -0.05) is 159 Å². The molecule has 2 aliphatic rings. The molecule has 0 aromatic heterocycles. The van der Waals surface area contributed by atoms with Crippen LogP contribution in [0.25, 0.3) is 49.9 Å². The molecule has 0 bridgehead atoms. The van der Waals surface area contributed by atoms with E-state index < -0.39 is 0 Å². The molecule has 1 atom stereocenters. The minimum Gasteiger partial charge on any atom is -0.360 e. The molecule has 0 fully saturated rings. The van der Waals surface area contributed by atoms with Gasteiger partial charge in [-0.3, -0.25) is 4.99 Å². The summed E-state index contributed by atoms with van der Waals surface area (Å²) in [5, 5.41) is 6.36. The van der Waals surface area contributed by atoms with Crippen LogP contribution >= 0.6 is 0 Å². The van der Waals surface area contributed by atoms with Crippen molar-refractivity contribution in [3.05, 3.63) is 198 Å². The van der Waals surface area contributed by atoms with Gasteiger partial charge in [-0.15, -0.1) is 0 Å². The van der Waals surface area contributed by atoms with Gasteiger partial charge in [-0.25, -0.2) is 0 Å². The molecule has 0 saturated carbocycles. The Morgan fingerprint density at radius 3 is 1.92 bits per heavy atom. The molecule has 0 saturated heterocycles. The Labute approximate surface area is 288 Å². The zero-order valence-electron chi connectivity index (χ0n) is 27.7. The number of nitrogens with one attached hydrogen (secondary N) is 1. The van der Waals surface area contributed by atoms with E-state index >= 15 is 0 Å². The number of hydrogen-bond acceptors (Lipinski definition) is 2. The summed E-state index contributed by atoms with van der Waals surface area (Å²) < 4.78 is 0. The Morgan fingerprint density at radius 1 is 0.531 bits per heavy atom. The van der Waals surface area contributed by atoms with Gasteiger partial charge < -0.3 is 5.32 Å². The lowest BCUT2D eigenvalue weighted by molar-refractivity contribution is 0.664. The lowest BCUT2D eigenvalue weighted by Crippen LogP contribution is -2.24. The predicted octanol–water partition coefficient (Wildman–Crippen LogP) is 11.6. The fourth-order valence-electron chi connectivity index (χ4n) is 7.85. The number of fused-ring (bicyclic) bond motifs is 5. The monoisotopic (exact) mass is 628 g/mol. The van der Waals surface area contributed by atoms with Gasteiger partial charge in [0.05, 0.1) is 5.71 Å². The summed E-state index contributed by atoms with van der Waals surface area (Å²) in [7, 11) is 0. The average molecular weight is 629 g/mol. The van der Waals surface area contributed by atoms with E-state index in [0.29, 0.717) is 0 Å². The van der Waals surface area contributed by atoms with Crippen molar-refractivity contribution in [3.8, 4) is 33.4 Å². The second-order valence-corrected chi connectivity index (χ2v) is 13.6. The molecule has 9 rings (SSSR count). The fourth-order valence-corrected chi connectivity index (χ4v) is 7.85. The lowest BCUT2D eigenvalue weighted by Gasteiger charge is -2.25. The van der Waals surface area contributed by atoms with Crippen LogP contribution in [0.1, 0.15) is 47.8 Å². The summed E-state index contributed by atoms with van der Waals surface area (Å²) in [5.74, 6) is 0. The third-order valence-corrected chi connectivity index (χ3v) is 10.3. The van der Waals surface area contributed by atoms with E-state index in [2.05, 4.69) is 189 Å². The van der Waals surface area contributed by atoms with Crippen LogP contribution < -0.4 is 5.32 Å². The first-order valence-electron chi connectivity index (χ1n) is 17.1. The summed E-state index contributed by atoms with van der Waals surface area (Å²) in [6.07, 6.45) is 1.95. The molecule has 1 N–H and O–H groups in total. The molecular formula is C47H36N2. The minimum absolute atomic E-state index is 0.169. The Bertz CT molecular complexity index is 2420. The van der Waals surface area contributed by atoms with Crippen LogP contribution in [0.4, 0.5) is 0 Å². The predicted molar refractivity (Wildman–Crippen MR) is 206 cm³/mol. The van der Waals surface area contributed by atoms with Gasteiger partial charge in [0.15, 0.2) is 0 Å². The maximum absolute atomic E-state index is 5.24. The summed E-state index contributed by atoms with van der Waals surface area (Å²) >= 11 is 0. The topological polar surface area (TPSA) is 24.4 Å². The van der Waals surface area contributed by atoms with Crippen molar-refractivity contribution in [1.82, 2.24) is 5.32 Å². The first kappa shape index (κ1) is 29.2. The highest BCUT2D eigenvalue weighted by atomic mass is 15.1. The van der Waals surface area contributed by atoms with Gasteiger partial charge in [0.25, 0.3) is 0 Å². The second-order valence-electron chi connectivity index (χ2n) is 13.6. The SMILES string of the molecule is CC1(C)c2cc(-c3cccc(C4N=C(c5ccccc5)C=C(c5ccccc5)N4)c3)ccc2-c2c(-c3ccccc3)cc3ccccc3c21. The van der Waals surface area contributed by atoms with E-state index in [1.165, 1.54) is 55.3 Å². The Balaban J connectivity index is 1.14. The molecular weight excluding hydrogens is 593 g/mol. The van der Waals surface area contributed by atoms with Crippen molar-refractivity contribution >= 4 is 22.2 Å². The van der Waals surface area contributed by atoms with Crippen LogP contribution in [-0.4, -0.2) is 5.71 Å². The van der Waals surface area contributed by atoms with E-state index in [9.17, 15) is 0 Å². The number of benzene rings is 7. The highest BCUT2D eigenvalue weighted by molar-refractivity contribution is 6.13. The van der Waals surface area contributed by atoms with Crippen molar-refractivity contribution < 1.29 is 0 Å². The van der Waals surface area contributed by atoms with Crippen LogP contribution in [0.15, 0.2) is 175 Å². The smallest absolute Gasteiger partial charge is 0.145 e. The van der Waals surface area contributed by atoms with E-state index in [1.54, 1.807) is 0 Å². The third kappa shape index (κ3) is 5.00. The molecule has 0 amide bonds. The summed E-state index contributed by atoms with van der Waals surface area (Å²) in [4.78, 5) is 5.24. The molecule has 1 heterocycles. The molecule has 7 aromatic rings. The van der Waals surface area contributed by atoms with Gasteiger partial charge >= 0.3 is 0 Å². The molecule has 0 spiro atoms. The van der Waals surface area contributed by atoms with E-state index in [4.69, 9.17) is 4.99 Å². The Hall–Kier alpha value is -5.99. The van der Waals surface area contributed by atoms with Crippen LogP contribution in [-0.2, 0) is 5.41 Å². The van der Waals surface area contributed by atoms with Crippen molar-refractivity contribution in [3.63, 3.8) is 0 Å². The third-order valence-electron chi connectivity index (χ3n) is 10.3. The normalized spacial score (nSPS) is 15.9. The zero-order valence-corrected chi connectivity index (χ0v) is 27.7. The number of aliphatic imine (C=N–C) groups is 1. The molecule has 1 unspecified atom stereocenters. The van der Waals surface area contributed by atoms with Crippen LogP contribution in [0, 0.1) is 0 Å². The van der Waals surface area contributed by atoms with Crippen LogP contribution in [0.5, 0.6) is 0 Å². The van der Waals surface area contributed by atoms with Crippen molar-refractivity contribution in [2.45, 2.75) is 25.4 Å². The van der Waals surface area contributed by atoms with Gasteiger partial charge in [0.1, 0.15) is 6.17 Å². The number of allylic oxidation sites excluding steroid dienone is 1. The largest absolute Gasteiger partial charge is 0.360 e. The minimum atomic E-state index is -0.217. The molecule has 1 aliphatic heterocycles. The molecule has 1 aliphatic carbocycles. The molecule has 2 heteroatoms. The quantitative estimate of drug-likeness (QED) is 0.201. The zero-order chi connectivity index (χ0) is 33.0. The molecule has 0 radical (unpaired) electrons. The van der Waals surface area contributed by atoms with E-state index in [0.717, 1.165) is 28.1 Å². The number of nitrogens with zero attached hydrogens (tertiary/aromatic N) is 1. The van der Waals surface area contributed by atoms with Crippen LogP contribution in [0.2, 0.25) is 0 Å². The molecule has 49 heavy (non-hydrogen) atoms. The molecule has 7 aromatic carbocycles. The van der Waals surface area contributed by atoms with Crippen LogP contribution in [0.3, 0.4) is 0 Å². The second kappa shape index (κ2) is 11.6. The number of hydrogen-bond donors (Lipinski definition) is 1. The van der Waals surface area contributed by atoms with E-state index in [1.807, 2.05) is 0 Å². The molecule has 2 nitrogen and oxygen atoms in total. The fraction of sp³-hybridized carbons (Fsp3) is 0.0851. The highest BCUT2D eigenvalue weighted by Crippen LogP contribution is 2.55. The van der Waals surface area contributed by atoms with Crippen molar-refractivity contribution in [2.24, 2.45) is 4.99 Å². The van der Waals surface area contributed by atoms with Gasteiger partial charge in [-0.2, -0.15) is 0 Å². The lowest BCUT2D eigenvalue weighted by atomic mass is 9.78. The summed E-state index contributed by atoms with van der Waals surface area (Å²) in [6.45, 7) is 4.78. The van der Waals surface area contributed by atoms with Crippen molar-refractivity contribution in [2.75, 3.05) is 0 Å². The van der Waals surface area contributed by atoms with E-state index in [-0.39, 0.29) is 11.6 Å². The van der Waals surface area contributed by atoms with Crippen molar-refractivity contribution in [1.29, 1.82) is 0 Å². The highest BCUT2D eigenvalue weighted by Gasteiger charge is 2.39. The first-order chi connectivity index (χ1) is 24.0. The average Bonchev–Trinajstić information content (AvgIpc) is 3.41. The summed E-state index contributed by atoms with van der Waals surface area (Å²) in [6, 6.07) is 59.0.